The van der Waals surface area contributed by atoms with Gasteiger partial charge >= 0.3 is 0 Å². The lowest BCUT2D eigenvalue weighted by Crippen LogP contribution is -2.21. The fraction of sp³-hybridized carbons (Fsp3) is 0.160. The van der Waals surface area contributed by atoms with E-state index in [9.17, 15) is 18.3 Å². The van der Waals surface area contributed by atoms with Crippen molar-refractivity contribution in [3.05, 3.63) is 89.4 Å². The summed E-state index contributed by atoms with van der Waals surface area (Å²) in [6.45, 7) is 3.95. The number of phenols is 1. The minimum atomic E-state index is -0.881. The molecule has 1 aliphatic heterocycles. The smallest absolute Gasteiger partial charge is 0.224 e. The Kier molecular flexibility index (Phi) is 5.90. The number of halogens is 3. The van der Waals surface area contributed by atoms with Gasteiger partial charge in [0.15, 0.2) is 11.6 Å². The zero-order chi connectivity index (χ0) is 22.8. The van der Waals surface area contributed by atoms with Crippen molar-refractivity contribution in [2.24, 2.45) is 10.9 Å². The van der Waals surface area contributed by atoms with E-state index in [2.05, 4.69) is 10.3 Å². The van der Waals surface area contributed by atoms with E-state index in [-0.39, 0.29) is 29.6 Å². The monoisotopic (exact) mass is 438 g/mol. The SMILES string of the molecule is CC(C)C1=CN=C1Oc1ccc(F)c(NCc2cc(O)cc(-c3cccc(F)c3)c2)c1F. The highest BCUT2D eigenvalue weighted by atomic mass is 19.1. The zero-order valence-electron chi connectivity index (χ0n) is 17.5. The molecule has 164 valence electrons. The molecule has 32 heavy (non-hydrogen) atoms. The van der Waals surface area contributed by atoms with Gasteiger partial charge in [0.05, 0.1) is 0 Å². The molecule has 0 amide bonds. The van der Waals surface area contributed by atoms with E-state index in [0.717, 1.165) is 11.6 Å². The predicted octanol–water partition coefficient (Wildman–Crippen LogP) is 6.42. The largest absolute Gasteiger partial charge is 0.508 e. The van der Waals surface area contributed by atoms with Crippen molar-refractivity contribution < 1.29 is 23.0 Å². The Morgan fingerprint density at radius 2 is 1.81 bits per heavy atom. The van der Waals surface area contributed by atoms with Gasteiger partial charge in [0.1, 0.15) is 23.1 Å². The summed E-state index contributed by atoms with van der Waals surface area (Å²) in [5.41, 5.74) is 2.21. The minimum absolute atomic E-state index is 0.0199. The fourth-order valence-electron chi connectivity index (χ4n) is 3.35. The molecule has 4 rings (SSSR count). The van der Waals surface area contributed by atoms with Crippen LogP contribution in [0.4, 0.5) is 18.9 Å². The molecule has 0 aliphatic carbocycles. The lowest BCUT2D eigenvalue weighted by Gasteiger charge is -2.20. The zero-order valence-corrected chi connectivity index (χ0v) is 17.5. The van der Waals surface area contributed by atoms with Gasteiger partial charge in [0, 0.05) is 18.3 Å². The number of nitrogens with zero attached hydrogens (tertiary/aromatic N) is 1. The summed E-state index contributed by atoms with van der Waals surface area (Å²) < 4.78 is 48.4. The van der Waals surface area contributed by atoms with E-state index in [0.29, 0.717) is 22.6 Å². The highest BCUT2D eigenvalue weighted by Crippen LogP contribution is 2.32. The van der Waals surface area contributed by atoms with Crippen molar-refractivity contribution in [3.63, 3.8) is 0 Å². The Bertz CT molecular complexity index is 1240. The molecule has 3 aromatic carbocycles. The number of rotatable bonds is 6. The van der Waals surface area contributed by atoms with Crippen molar-refractivity contribution in [1.29, 1.82) is 0 Å². The van der Waals surface area contributed by atoms with Crippen LogP contribution in [0.25, 0.3) is 11.1 Å². The van der Waals surface area contributed by atoms with Crippen LogP contribution in [-0.4, -0.2) is 11.0 Å². The number of hydrogen-bond donors (Lipinski definition) is 2. The van der Waals surface area contributed by atoms with Crippen LogP contribution in [0.3, 0.4) is 0 Å². The van der Waals surface area contributed by atoms with Crippen LogP contribution in [0.1, 0.15) is 19.4 Å². The van der Waals surface area contributed by atoms with E-state index in [4.69, 9.17) is 4.74 Å². The molecule has 0 unspecified atom stereocenters. The van der Waals surface area contributed by atoms with Gasteiger partial charge in [0.2, 0.25) is 5.90 Å². The summed E-state index contributed by atoms with van der Waals surface area (Å²) >= 11 is 0. The molecule has 0 aromatic heterocycles. The molecule has 0 saturated heterocycles. The second-order valence-electron chi connectivity index (χ2n) is 7.76. The summed E-state index contributed by atoms with van der Waals surface area (Å²) in [6.07, 6.45) is 1.65. The number of anilines is 1. The number of hydrogen-bond acceptors (Lipinski definition) is 4. The van der Waals surface area contributed by atoms with Crippen molar-refractivity contribution in [2.45, 2.75) is 20.4 Å². The van der Waals surface area contributed by atoms with Gasteiger partial charge in [-0.25, -0.2) is 18.2 Å². The summed E-state index contributed by atoms with van der Waals surface area (Å²) in [7, 11) is 0. The van der Waals surface area contributed by atoms with Crippen LogP contribution >= 0.6 is 0 Å². The van der Waals surface area contributed by atoms with Crippen molar-refractivity contribution in [3.8, 4) is 22.6 Å². The van der Waals surface area contributed by atoms with Gasteiger partial charge in [-0.1, -0.05) is 26.0 Å². The molecule has 0 saturated carbocycles. The Morgan fingerprint density at radius 1 is 1.00 bits per heavy atom. The Hall–Kier alpha value is -3.74. The normalized spacial score (nSPS) is 12.8. The molecule has 3 aromatic rings. The summed E-state index contributed by atoms with van der Waals surface area (Å²) in [5.74, 6) is -1.78. The molecule has 0 bridgehead atoms. The second kappa shape index (κ2) is 8.78. The molecule has 2 N–H and O–H groups in total. The van der Waals surface area contributed by atoms with E-state index in [1.807, 2.05) is 13.8 Å². The molecule has 0 fully saturated rings. The average Bonchev–Trinajstić information content (AvgIpc) is 2.71. The summed E-state index contributed by atoms with van der Waals surface area (Å²) in [6, 6.07) is 12.9. The number of aliphatic imine (C=N–C) groups is 1. The van der Waals surface area contributed by atoms with Crippen LogP contribution in [0.2, 0.25) is 0 Å². The Labute approximate surface area is 183 Å². The molecule has 0 radical (unpaired) electrons. The summed E-state index contributed by atoms with van der Waals surface area (Å²) in [5, 5.41) is 12.8. The lowest BCUT2D eigenvalue weighted by atomic mass is 10.0. The number of ether oxygens (including phenoxy) is 1. The van der Waals surface area contributed by atoms with Gasteiger partial charge in [0.25, 0.3) is 0 Å². The van der Waals surface area contributed by atoms with Crippen LogP contribution in [0, 0.1) is 23.4 Å². The maximum Gasteiger partial charge on any atom is 0.224 e. The third-order valence-corrected chi connectivity index (χ3v) is 5.06. The predicted molar refractivity (Wildman–Crippen MR) is 118 cm³/mol. The summed E-state index contributed by atoms with van der Waals surface area (Å²) in [4.78, 5) is 4.01. The number of phenolic OH excluding ortho intramolecular Hbond substituents is 1. The first-order valence-corrected chi connectivity index (χ1v) is 10.1. The Balaban J connectivity index is 1.54. The van der Waals surface area contributed by atoms with E-state index in [1.54, 1.807) is 24.4 Å². The third kappa shape index (κ3) is 4.46. The lowest BCUT2D eigenvalue weighted by molar-refractivity contribution is 0.474. The number of nitrogens with one attached hydrogen (secondary N) is 1. The molecular formula is C25H21F3N2O2. The molecule has 4 nitrogen and oxygen atoms in total. The molecule has 0 atom stereocenters. The maximum atomic E-state index is 15.0. The van der Waals surface area contributed by atoms with Crippen LogP contribution in [0.5, 0.6) is 11.5 Å². The van der Waals surface area contributed by atoms with E-state index < -0.39 is 17.5 Å². The third-order valence-electron chi connectivity index (χ3n) is 5.06. The van der Waals surface area contributed by atoms with Gasteiger partial charge < -0.3 is 15.2 Å². The van der Waals surface area contributed by atoms with Gasteiger partial charge in [-0.3, -0.25) is 0 Å². The first-order valence-electron chi connectivity index (χ1n) is 10.1. The van der Waals surface area contributed by atoms with Gasteiger partial charge in [-0.2, -0.15) is 0 Å². The van der Waals surface area contributed by atoms with Crippen molar-refractivity contribution >= 4 is 11.6 Å². The van der Waals surface area contributed by atoms with Crippen molar-refractivity contribution in [1.82, 2.24) is 0 Å². The molecule has 0 spiro atoms. The highest BCUT2D eigenvalue weighted by molar-refractivity contribution is 6.00. The first-order chi connectivity index (χ1) is 15.3. The fourth-order valence-corrected chi connectivity index (χ4v) is 3.35. The van der Waals surface area contributed by atoms with E-state index in [1.165, 1.54) is 30.3 Å². The first kappa shape index (κ1) is 21.5. The topological polar surface area (TPSA) is 53.8 Å². The molecular weight excluding hydrogens is 417 g/mol. The maximum absolute atomic E-state index is 15.0. The van der Waals surface area contributed by atoms with E-state index >= 15 is 0 Å². The molecule has 1 aliphatic rings. The second-order valence-corrected chi connectivity index (χ2v) is 7.76. The Morgan fingerprint density at radius 3 is 2.50 bits per heavy atom. The molecule has 7 heteroatoms. The van der Waals surface area contributed by atoms with Gasteiger partial charge in [-0.15, -0.1) is 0 Å². The molecule has 1 heterocycles. The standard InChI is InChI=1S/C25H21F3N2O2/c1-14(2)20-13-30-25(20)32-22-7-6-21(27)24(23(22)28)29-12-15-8-17(11-19(31)9-15)16-4-3-5-18(26)10-16/h3-11,13-14,29,31H,12H2,1-2H3. The number of aromatic hydroxyl groups is 1. The van der Waals surface area contributed by atoms with Gasteiger partial charge in [-0.05, 0) is 65.1 Å². The highest BCUT2D eigenvalue weighted by Gasteiger charge is 2.23. The van der Waals surface area contributed by atoms with Crippen LogP contribution < -0.4 is 10.1 Å². The quantitative estimate of drug-likeness (QED) is 0.467. The van der Waals surface area contributed by atoms with Crippen LogP contribution in [-0.2, 0) is 6.54 Å². The minimum Gasteiger partial charge on any atom is -0.508 e. The van der Waals surface area contributed by atoms with Crippen molar-refractivity contribution in [2.75, 3.05) is 5.32 Å². The average molecular weight is 438 g/mol. The van der Waals surface area contributed by atoms with Crippen LogP contribution in [0.15, 0.2) is 71.4 Å². The number of benzene rings is 3.